The standard InChI is InChI=1S/C23H29NO4S/c1-27-21-14-8-17(16-22(21)28-2)7-11-19-6-4-5-15-24(19)23(25)18-9-12-20(13-10-18)29(3)26/h8-10,12-14,16,19H,4-7,11,15H2,1-3H3. The molecule has 1 fully saturated rings. The maximum absolute atomic E-state index is 13.1. The highest BCUT2D eigenvalue weighted by molar-refractivity contribution is 7.84. The number of hydrogen-bond donors (Lipinski definition) is 0. The first-order valence-corrected chi connectivity index (χ1v) is 11.5. The third-order valence-electron chi connectivity index (χ3n) is 5.54. The molecule has 156 valence electrons. The van der Waals surface area contributed by atoms with E-state index in [0.717, 1.165) is 55.0 Å². The van der Waals surface area contributed by atoms with Gasteiger partial charge in [-0.15, -0.1) is 0 Å². The van der Waals surface area contributed by atoms with Crippen LogP contribution in [0, 0.1) is 0 Å². The number of piperidine rings is 1. The molecule has 0 radical (unpaired) electrons. The number of hydrogen-bond acceptors (Lipinski definition) is 4. The van der Waals surface area contributed by atoms with E-state index in [-0.39, 0.29) is 11.9 Å². The molecule has 0 saturated carbocycles. The summed E-state index contributed by atoms with van der Waals surface area (Å²) in [6.07, 6.45) is 6.65. The van der Waals surface area contributed by atoms with Gasteiger partial charge in [0.1, 0.15) is 0 Å². The lowest BCUT2D eigenvalue weighted by Gasteiger charge is -2.36. The van der Waals surface area contributed by atoms with E-state index >= 15 is 0 Å². The lowest BCUT2D eigenvalue weighted by Crippen LogP contribution is -2.44. The highest BCUT2D eigenvalue weighted by Crippen LogP contribution is 2.29. The van der Waals surface area contributed by atoms with Crippen molar-refractivity contribution in [2.75, 3.05) is 27.0 Å². The first-order valence-electron chi connectivity index (χ1n) is 9.99. The van der Waals surface area contributed by atoms with Crippen molar-refractivity contribution in [1.29, 1.82) is 0 Å². The van der Waals surface area contributed by atoms with Gasteiger partial charge in [0.2, 0.25) is 0 Å². The zero-order valence-corrected chi connectivity index (χ0v) is 18.2. The van der Waals surface area contributed by atoms with Crippen LogP contribution in [0.5, 0.6) is 11.5 Å². The van der Waals surface area contributed by atoms with Crippen molar-refractivity contribution in [2.24, 2.45) is 0 Å². The maximum atomic E-state index is 13.1. The monoisotopic (exact) mass is 415 g/mol. The highest BCUT2D eigenvalue weighted by atomic mass is 32.2. The second-order valence-electron chi connectivity index (χ2n) is 7.35. The number of benzene rings is 2. The Labute approximate surface area is 175 Å². The smallest absolute Gasteiger partial charge is 0.254 e. The van der Waals surface area contributed by atoms with Crippen molar-refractivity contribution >= 4 is 16.7 Å². The Balaban J connectivity index is 1.69. The second kappa shape index (κ2) is 9.92. The molecule has 1 heterocycles. The molecule has 0 bridgehead atoms. The summed E-state index contributed by atoms with van der Waals surface area (Å²) >= 11 is 0. The summed E-state index contributed by atoms with van der Waals surface area (Å²) in [6, 6.07) is 13.4. The quantitative estimate of drug-likeness (QED) is 0.684. The van der Waals surface area contributed by atoms with Crippen molar-refractivity contribution < 1.29 is 18.5 Å². The van der Waals surface area contributed by atoms with Crippen LogP contribution in [0.3, 0.4) is 0 Å². The lowest BCUT2D eigenvalue weighted by molar-refractivity contribution is 0.0602. The Morgan fingerprint density at radius 2 is 1.79 bits per heavy atom. The van der Waals surface area contributed by atoms with Gasteiger partial charge in [-0.05, 0) is 74.1 Å². The van der Waals surface area contributed by atoms with E-state index in [4.69, 9.17) is 9.47 Å². The van der Waals surface area contributed by atoms with Gasteiger partial charge >= 0.3 is 0 Å². The Morgan fingerprint density at radius 1 is 1.07 bits per heavy atom. The summed E-state index contributed by atoms with van der Waals surface area (Å²) in [5.74, 6) is 1.52. The minimum atomic E-state index is -1.04. The van der Waals surface area contributed by atoms with Crippen LogP contribution in [-0.2, 0) is 17.2 Å². The van der Waals surface area contributed by atoms with Crippen LogP contribution in [-0.4, -0.2) is 48.1 Å². The molecular weight excluding hydrogens is 386 g/mol. The maximum Gasteiger partial charge on any atom is 0.254 e. The van der Waals surface area contributed by atoms with Gasteiger partial charge in [0.15, 0.2) is 11.5 Å². The van der Waals surface area contributed by atoms with Crippen LogP contribution in [0.4, 0.5) is 0 Å². The molecule has 6 heteroatoms. The van der Waals surface area contributed by atoms with Crippen molar-refractivity contribution in [3.63, 3.8) is 0 Å². The van der Waals surface area contributed by atoms with E-state index in [0.29, 0.717) is 5.56 Å². The van der Waals surface area contributed by atoms with Gasteiger partial charge in [0.05, 0.1) is 14.2 Å². The zero-order valence-electron chi connectivity index (χ0n) is 17.3. The summed E-state index contributed by atoms with van der Waals surface area (Å²) in [7, 11) is 2.24. The number of nitrogens with zero attached hydrogens (tertiary/aromatic N) is 1. The number of amides is 1. The number of carbonyl (C=O) groups excluding carboxylic acids is 1. The van der Waals surface area contributed by atoms with E-state index in [1.807, 2.05) is 17.0 Å². The number of ether oxygens (including phenoxy) is 2. The fraction of sp³-hybridized carbons (Fsp3) is 0.435. The molecule has 1 aliphatic rings. The fourth-order valence-corrected chi connectivity index (χ4v) is 4.41. The summed E-state index contributed by atoms with van der Waals surface area (Å²) in [5, 5.41) is 0. The van der Waals surface area contributed by atoms with Gasteiger partial charge in [-0.1, -0.05) is 6.07 Å². The third kappa shape index (κ3) is 5.18. The Morgan fingerprint density at radius 3 is 2.45 bits per heavy atom. The molecule has 2 aromatic rings. The number of rotatable bonds is 7. The predicted octanol–water partition coefficient (Wildman–Crippen LogP) is 4.07. The minimum Gasteiger partial charge on any atom is -0.493 e. The van der Waals surface area contributed by atoms with Gasteiger partial charge in [0, 0.05) is 40.1 Å². The van der Waals surface area contributed by atoms with Crippen LogP contribution in [0.1, 0.15) is 41.6 Å². The molecule has 2 atom stereocenters. The molecule has 2 aromatic carbocycles. The Bertz CT molecular complexity index is 866. The lowest BCUT2D eigenvalue weighted by atomic mass is 9.95. The molecule has 29 heavy (non-hydrogen) atoms. The number of aryl methyl sites for hydroxylation is 1. The summed E-state index contributed by atoms with van der Waals surface area (Å²) < 4.78 is 22.3. The predicted molar refractivity (Wildman–Crippen MR) is 115 cm³/mol. The van der Waals surface area contributed by atoms with Crippen LogP contribution < -0.4 is 9.47 Å². The van der Waals surface area contributed by atoms with Crippen molar-refractivity contribution in [3.8, 4) is 11.5 Å². The van der Waals surface area contributed by atoms with Gasteiger partial charge in [-0.3, -0.25) is 9.00 Å². The average molecular weight is 416 g/mol. The molecular formula is C23H29NO4S. The van der Waals surface area contributed by atoms with Gasteiger partial charge < -0.3 is 14.4 Å². The summed E-state index contributed by atoms with van der Waals surface area (Å²) in [5.41, 5.74) is 1.84. The number of carbonyl (C=O) groups is 1. The van der Waals surface area contributed by atoms with Crippen LogP contribution in [0.2, 0.25) is 0 Å². The van der Waals surface area contributed by atoms with E-state index in [1.54, 1.807) is 44.7 Å². The van der Waals surface area contributed by atoms with Crippen LogP contribution in [0.15, 0.2) is 47.4 Å². The molecule has 0 aromatic heterocycles. The van der Waals surface area contributed by atoms with E-state index in [2.05, 4.69) is 6.07 Å². The van der Waals surface area contributed by atoms with Crippen molar-refractivity contribution in [2.45, 2.75) is 43.0 Å². The largest absolute Gasteiger partial charge is 0.493 e. The van der Waals surface area contributed by atoms with Gasteiger partial charge in [-0.2, -0.15) is 0 Å². The second-order valence-corrected chi connectivity index (χ2v) is 8.73. The first kappa shape index (κ1) is 21.4. The average Bonchev–Trinajstić information content (AvgIpc) is 2.77. The van der Waals surface area contributed by atoms with Crippen molar-refractivity contribution in [1.82, 2.24) is 4.90 Å². The molecule has 0 aliphatic carbocycles. The summed E-state index contributed by atoms with van der Waals surface area (Å²) in [6.45, 7) is 0.789. The van der Waals surface area contributed by atoms with E-state index in [1.165, 1.54) is 5.56 Å². The molecule has 1 saturated heterocycles. The normalized spacial score (nSPS) is 17.6. The van der Waals surface area contributed by atoms with Crippen LogP contribution >= 0.6 is 0 Å². The molecule has 1 aliphatic heterocycles. The molecule has 2 unspecified atom stereocenters. The highest BCUT2D eigenvalue weighted by Gasteiger charge is 2.27. The zero-order chi connectivity index (χ0) is 20.8. The summed E-state index contributed by atoms with van der Waals surface area (Å²) in [4.78, 5) is 15.9. The van der Waals surface area contributed by atoms with Gasteiger partial charge in [-0.25, -0.2) is 0 Å². The molecule has 0 N–H and O–H groups in total. The van der Waals surface area contributed by atoms with E-state index < -0.39 is 10.8 Å². The Hall–Kier alpha value is -2.34. The molecule has 1 amide bonds. The minimum absolute atomic E-state index is 0.0652. The first-order chi connectivity index (χ1) is 14.0. The Kier molecular flexibility index (Phi) is 7.31. The fourth-order valence-electron chi connectivity index (χ4n) is 3.89. The molecule has 0 spiro atoms. The third-order valence-corrected chi connectivity index (χ3v) is 6.47. The van der Waals surface area contributed by atoms with Crippen molar-refractivity contribution in [3.05, 3.63) is 53.6 Å². The molecule has 3 rings (SSSR count). The van der Waals surface area contributed by atoms with Crippen LogP contribution in [0.25, 0.3) is 0 Å². The number of likely N-dealkylation sites (tertiary alicyclic amines) is 1. The van der Waals surface area contributed by atoms with E-state index in [9.17, 15) is 9.00 Å². The SMILES string of the molecule is COc1ccc(CCC2CCCCN2C(=O)c2ccc(S(C)=O)cc2)cc1OC. The molecule has 5 nitrogen and oxygen atoms in total. The number of methoxy groups -OCH3 is 2. The topological polar surface area (TPSA) is 55.8 Å². The van der Waals surface area contributed by atoms with Gasteiger partial charge in [0.25, 0.3) is 5.91 Å².